The molecule has 19 aromatic rings. The molecule has 0 bridgehead atoms. The quantitative estimate of drug-likeness (QED) is 0.147. The number of nitrogens with zero attached hydrogens (tertiary/aromatic N) is 6. The molecule has 0 amide bonds. The number of hydrogen-bond donors (Lipinski definition) is 0. The first-order valence-corrected chi connectivity index (χ1v) is 29.4. The lowest BCUT2D eigenvalue weighted by molar-refractivity contribution is 0.112. The molecule has 86 heavy (non-hydrogen) atoms. The van der Waals surface area contributed by atoms with Gasteiger partial charge >= 0.3 is 0 Å². The number of para-hydroxylation sites is 7. The molecule has 6 heterocycles. The largest absolute Gasteiger partial charge is 0.309 e. The van der Waals surface area contributed by atoms with Crippen molar-refractivity contribution < 1.29 is 4.79 Å². The van der Waals surface area contributed by atoms with Crippen molar-refractivity contribution in [2.75, 3.05) is 0 Å². The van der Waals surface area contributed by atoms with Gasteiger partial charge in [0.15, 0.2) is 0 Å². The van der Waals surface area contributed by atoms with E-state index in [-0.39, 0.29) is 0 Å². The second kappa shape index (κ2) is 17.7. The average Bonchev–Trinajstić information content (AvgIpc) is 2.06. The molecule has 0 aliphatic heterocycles. The van der Waals surface area contributed by atoms with Crippen LogP contribution in [0.25, 0.3) is 165 Å². The Morgan fingerprint density at radius 2 is 0.349 bits per heavy atom. The first-order valence-electron chi connectivity index (χ1n) is 29.4. The van der Waals surface area contributed by atoms with E-state index < -0.39 is 0 Å². The van der Waals surface area contributed by atoms with E-state index in [2.05, 4.69) is 288 Å². The van der Waals surface area contributed by atoms with Crippen molar-refractivity contribution in [3.05, 3.63) is 291 Å². The Bertz CT molecular complexity index is 6060. The van der Waals surface area contributed by atoms with Gasteiger partial charge < -0.3 is 27.4 Å². The summed E-state index contributed by atoms with van der Waals surface area (Å²) in [6, 6.07) is 104. The summed E-state index contributed by atoms with van der Waals surface area (Å²) >= 11 is 0. The minimum atomic E-state index is 0.660. The molecule has 7 nitrogen and oxygen atoms in total. The Morgan fingerprint density at radius 3 is 0.570 bits per heavy atom. The van der Waals surface area contributed by atoms with Crippen molar-refractivity contribution in [1.29, 1.82) is 0 Å². The average molecular weight is 1100 g/mol. The molecule has 0 fully saturated rings. The minimum absolute atomic E-state index is 0.660. The van der Waals surface area contributed by atoms with E-state index in [1.165, 1.54) is 86.7 Å². The van der Waals surface area contributed by atoms with Crippen molar-refractivity contribution in [3.8, 4) is 34.1 Å². The minimum Gasteiger partial charge on any atom is -0.309 e. The number of aldehydes is 1. The van der Waals surface area contributed by atoms with Crippen molar-refractivity contribution in [2.45, 2.75) is 0 Å². The van der Waals surface area contributed by atoms with Crippen molar-refractivity contribution in [2.24, 2.45) is 0 Å². The summed E-state index contributed by atoms with van der Waals surface area (Å²) in [5.41, 5.74) is 21.2. The van der Waals surface area contributed by atoms with Gasteiger partial charge in [-0.25, -0.2) is 0 Å². The standard InChI is InChI=1S/C79H48N6O/c86-48-49-29-31-50(32-30-49)80-70-24-10-3-17-58(70)63-44-52(33-38-75(63)80)82-72-26-12-5-19-60(72)65-46-54(35-40-77(65)82)84-74-28-14-7-21-62(74)67-47-55(37-42-79(67)84)85-73-27-13-6-20-61(73)66-45-53(36-41-78(66)85)83-71-25-11-4-18-59(71)64-43-51(34-39-76(64)83)81-68-22-8-1-15-56(68)57-16-2-9-23-69(57)81/h1-48H. The third-order valence-corrected chi connectivity index (χ3v) is 18.4. The van der Waals surface area contributed by atoms with Crippen LogP contribution >= 0.6 is 0 Å². The molecular weight excluding hydrogens is 1050 g/mol. The third kappa shape index (κ3) is 6.48. The molecule has 13 aromatic carbocycles. The van der Waals surface area contributed by atoms with Gasteiger partial charge in [-0.1, -0.05) is 127 Å². The molecule has 6 aromatic heterocycles. The Morgan fingerprint density at radius 1 is 0.174 bits per heavy atom. The maximum absolute atomic E-state index is 11.6. The zero-order chi connectivity index (χ0) is 56.3. The molecular formula is C79H48N6O. The smallest absolute Gasteiger partial charge is 0.150 e. The number of carbonyl (C=O) groups is 1. The van der Waals surface area contributed by atoms with E-state index in [1.54, 1.807) is 0 Å². The molecule has 19 rings (SSSR count). The third-order valence-electron chi connectivity index (χ3n) is 18.4. The van der Waals surface area contributed by atoms with Gasteiger partial charge in [0.25, 0.3) is 0 Å². The number of benzene rings is 13. The summed E-state index contributed by atoms with van der Waals surface area (Å²) in [5.74, 6) is 0. The summed E-state index contributed by atoms with van der Waals surface area (Å²) in [7, 11) is 0. The van der Waals surface area contributed by atoms with Gasteiger partial charge in [-0.05, 0) is 158 Å². The molecule has 400 valence electrons. The second-order valence-corrected chi connectivity index (χ2v) is 22.8. The number of hydrogen-bond acceptors (Lipinski definition) is 1. The molecule has 0 saturated carbocycles. The summed E-state index contributed by atoms with van der Waals surface area (Å²) in [4.78, 5) is 11.6. The van der Waals surface area contributed by atoms with Gasteiger partial charge in [-0.2, -0.15) is 0 Å². The second-order valence-electron chi connectivity index (χ2n) is 22.8. The molecule has 0 unspecified atom stereocenters. The zero-order valence-corrected chi connectivity index (χ0v) is 46.3. The maximum Gasteiger partial charge on any atom is 0.150 e. The van der Waals surface area contributed by atoms with Gasteiger partial charge in [0, 0.05) is 104 Å². The molecule has 7 heteroatoms. The van der Waals surface area contributed by atoms with Crippen molar-refractivity contribution >= 4 is 137 Å². The number of carbonyl (C=O) groups excluding carboxylic acids is 1. The van der Waals surface area contributed by atoms with Crippen LogP contribution in [0.5, 0.6) is 0 Å². The molecule has 0 radical (unpaired) electrons. The Balaban J connectivity index is 0.739. The fourth-order valence-corrected chi connectivity index (χ4v) is 14.8. The number of fused-ring (bicyclic) bond motifs is 18. The van der Waals surface area contributed by atoms with Crippen LogP contribution < -0.4 is 0 Å². The molecule has 0 aliphatic carbocycles. The van der Waals surface area contributed by atoms with Crippen LogP contribution in [0.1, 0.15) is 10.4 Å². The first-order chi connectivity index (χ1) is 42.6. The molecule has 0 atom stereocenters. The highest BCUT2D eigenvalue weighted by Crippen LogP contribution is 2.43. The van der Waals surface area contributed by atoms with Crippen LogP contribution in [-0.2, 0) is 0 Å². The van der Waals surface area contributed by atoms with Gasteiger partial charge in [0.05, 0.1) is 66.2 Å². The van der Waals surface area contributed by atoms with E-state index in [9.17, 15) is 4.79 Å². The monoisotopic (exact) mass is 1100 g/mol. The predicted octanol–water partition coefficient (Wildman–Crippen LogP) is 20.1. The Hall–Kier alpha value is -11.7. The van der Waals surface area contributed by atoms with E-state index in [0.29, 0.717) is 5.56 Å². The highest BCUT2D eigenvalue weighted by atomic mass is 16.1. The molecule has 0 saturated heterocycles. The van der Waals surface area contributed by atoms with Crippen LogP contribution in [0.2, 0.25) is 0 Å². The van der Waals surface area contributed by atoms with Crippen LogP contribution in [-0.4, -0.2) is 33.7 Å². The molecule has 0 aliphatic rings. The maximum atomic E-state index is 11.6. The van der Waals surface area contributed by atoms with E-state index in [0.717, 1.165) is 84.5 Å². The van der Waals surface area contributed by atoms with Crippen molar-refractivity contribution in [1.82, 2.24) is 27.4 Å². The first kappa shape index (κ1) is 46.9. The summed E-state index contributed by atoms with van der Waals surface area (Å²) in [6.45, 7) is 0. The highest BCUT2D eigenvalue weighted by molar-refractivity contribution is 6.17. The number of rotatable bonds is 7. The lowest BCUT2D eigenvalue weighted by Crippen LogP contribution is -1.97. The Labute approximate surface area is 491 Å². The predicted molar refractivity (Wildman–Crippen MR) is 358 cm³/mol. The van der Waals surface area contributed by atoms with E-state index in [4.69, 9.17) is 0 Å². The van der Waals surface area contributed by atoms with Crippen LogP contribution in [0.4, 0.5) is 0 Å². The summed E-state index contributed by atoms with van der Waals surface area (Å²) in [6.07, 6.45) is 0.896. The zero-order valence-electron chi connectivity index (χ0n) is 46.3. The van der Waals surface area contributed by atoms with E-state index in [1.807, 2.05) is 24.3 Å². The topological polar surface area (TPSA) is 46.6 Å². The lowest BCUT2D eigenvalue weighted by Gasteiger charge is -2.12. The summed E-state index contributed by atoms with van der Waals surface area (Å²) < 4.78 is 14.5. The van der Waals surface area contributed by atoms with Crippen LogP contribution in [0.3, 0.4) is 0 Å². The van der Waals surface area contributed by atoms with Crippen LogP contribution in [0, 0.1) is 0 Å². The fourth-order valence-electron chi connectivity index (χ4n) is 14.8. The van der Waals surface area contributed by atoms with Crippen LogP contribution in [0.15, 0.2) is 285 Å². The SMILES string of the molecule is O=Cc1ccc(-n2c3ccccc3c3cc(-n4c5ccccc5c5cc(-n6c7ccccc7c7cc(-n8c9ccccc9c9cc(-n%10c%11ccccc%11c%11cc(-n%12c%13ccccc%13c%13ccccc%13%12)ccc%11%10)ccc98)ccc76)ccc54)ccc32)cc1. The summed E-state index contributed by atoms with van der Waals surface area (Å²) in [5, 5.41) is 14.5. The van der Waals surface area contributed by atoms with Gasteiger partial charge in [0.2, 0.25) is 0 Å². The molecule has 0 spiro atoms. The normalized spacial score (nSPS) is 12.2. The fraction of sp³-hybridized carbons (Fsp3) is 0. The lowest BCUT2D eigenvalue weighted by atomic mass is 10.1. The van der Waals surface area contributed by atoms with Crippen molar-refractivity contribution in [3.63, 3.8) is 0 Å². The highest BCUT2D eigenvalue weighted by Gasteiger charge is 2.23. The Kier molecular flexibility index (Phi) is 9.64. The van der Waals surface area contributed by atoms with Gasteiger partial charge in [-0.3, -0.25) is 4.79 Å². The van der Waals surface area contributed by atoms with Gasteiger partial charge in [-0.15, -0.1) is 0 Å². The number of aromatic nitrogens is 6. The van der Waals surface area contributed by atoms with E-state index >= 15 is 0 Å². The van der Waals surface area contributed by atoms with Gasteiger partial charge in [0.1, 0.15) is 6.29 Å². The molecule has 0 N–H and O–H groups in total.